The molecular weight excluding hydrogens is 412 g/mol. The minimum atomic E-state index is -4.60. The molecule has 0 unspecified atom stereocenters. The van der Waals surface area contributed by atoms with E-state index < -0.39 is 28.9 Å². The van der Waals surface area contributed by atoms with E-state index in [9.17, 15) is 22.4 Å². The highest BCUT2D eigenvalue weighted by Gasteiger charge is 2.36. The van der Waals surface area contributed by atoms with Gasteiger partial charge in [-0.05, 0) is 47.5 Å². The zero-order valence-corrected chi connectivity index (χ0v) is 17.1. The molecule has 0 spiro atoms. The van der Waals surface area contributed by atoms with Crippen LogP contribution in [0.1, 0.15) is 40.9 Å². The van der Waals surface area contributed by atoms with Crippen LogP contribution in [0, 0.1) is 5.82 Å². The monoisotopic (exact) mass is 432 g/mol. The second-order valence-electron chi connectivity index (χ2n) is 7.44. The van der Waals surface area contributed by atoms with E-state index in [1.165, 1.54) is 31.4 Å². The molecule has 0 amide bonds. The average Bonchev–Trinajstić information content (AvgIpc) is 2.74. The number of rotatable bonds is 5. The molecule has 0 aliphatic rings. The van der Waals surface area contributed by atoms with E-state index >= 15 is 0 Å². The Bertz CT molecular complexity index is 1090. The third-order valence-electron chi connectivity index (χ3n) is 5.09. The van der Waals surface area contributed by atoms with Crippen molar-refractivity contribution in [1.82, 2.24) is 0 Å². The third-order valence-corrected chi connectivity index (χ3v) is 5.09. The van der Waals surface area contributed by atoms with E-state index in [4.69, 9.17) is 9.47 Å². The number of hydrogen-bond donors (Lipinski definition) is 0. The number of carbonyl (C=O) groups is 1. The van der Waals surface area contributed by atoms with Crippen LogP contribution < -0.4 is 9.47 Å². The van der Waals surface area contributed by atoms with Gasteiger partial charge in [0.2, 0.25) is 0 Å². The normalized spacial score (nSPS) is 11.8. The Morgan fingerprint density at radius 2 is 1.42 bits per heavy atom. The first-order valence-electron chi connectivity index (χ1n) is 9.37. The molecule has 0 aliphatic carbocycles. The van der Waals surface area contributed by atoms with Crippen molar-refractivity contribution in [2.75, 3.05) is 7.11 Å². The van der Waals surface area contributed by atoms with Crippen LogP contribution in [0.15, 0.2) is 66.7 Å². The smallest absolute Gasteiger partial charge is 0.419 e. The molecule has 0 fully saturated rings. The quantitative estimate of drug-likeness (QED) is 0.266. The second kappa shape index (κ2) is 8.41. The Hall–Kier alpha value is -3.35. The number of hydrogen-bond acceptors (Lipinski definition) is 3. The van der Waals surface area contributed by atoms with E-state index in [-0.39, 0.29) is 17.1 Å². The van der Waals surface area contributed by atoms with Gasteiger partial charge in [0.1, 0.15) is 5.75 Å². The van der Waals surface area contributed by atoms with Crippen molar-refractivity contribution in [1.29, 1.82) is 0 Å². The average molecular weight is 432 g/mol. The summed E-state index contributed by atoms with van der Waals surface area (Å²) in [6, 6.07) is 15.9. The second-order valence-corrected chi connectivity index (χ2v) is 7.44. The van der Waals surface area contributed by atoms with Crippen molar-refractivity contribution in [2.45, 2.75) is 25.4 Å². The predicted molar refractivity (Wildman–Crippen MR) is 108 cm³/mol. The van der Waals surface area contributed by atoms with Crippen LogP contribution in [0.4, 0.5) is 17.6 Å². The van der Waals surface area contributed by atoms with Crippen LogP contribution in [-0.2, 0) is 11.6 Å². The van der Waals surface area contributed by atoms with E-state index in [0.717, 1.165) is 12.1 Å². The van der Waals surface area contributed by atoms with Crippen LogP contribution in [0.3, 0.4) is 0 Å². The van der Waals surface area contributed by atoms with Crippen LogP contribution in [-0.4, -0.2) is 13.1 Å². The number of carbonyl (C=O) groups excluding carboxylic acids is 1. The Labute approximate surface area is 177 Å². The lowest BCUT2D eigenvalue weighted by Crippen LogP contribution is -2.21. The minimum Gasteiger partial charge on any atom is -0.496 e. The third kappa shape index (κ3) is 4.71. The molecule has 0 saturated heterocycles. The minimum absolute atomic E-state index is 0.265. The van der Waals surface area contributed by atoms with Gasteiger partial charge >= 0.3 is 12.1 Å². The van der Waals surface area contributed by atoms with Crippen molar-refractivity contribution in [3.63, 3.8) is 0 Å². The lowest BCUT2D eigenvalue weighted by molar-refractivity contribution is -0.138. The molecule has 162 valence electrons. The maximum atomic E-state index is 14.7. The Morgan fingerprint density at radius 3 is 1.97 bits per heavy atom. The van der Waals surface area contributed by atoms with Crippen LogP contribution >= 0.6 is 0 Å². The number of ether oxygens (including phenoxy) is 2. The van der Waals surface area contributed by atoms with Gasteiger partial charge in [0.15, 0.2) is 11.6 Å². The molecule has 7 heteroatoms. The summed E-state index contributed by atoms with van der Waals surface area (Å²) >= 11 is 0. The summed E-state index contributed by atoms with van der Waals surface area (Å²) in [5.74, 6) is -2.06. The first kappa shape index (κ1) is 22.3. The van der Waals surface area contributed by atoms with Gasteiger partial charge in [0.05, 0.1) is 18.2 Å². The highest BCUT2D eigenvalue weighted by molar-refractivity contribution is 5.91. The van der Waals surface area contributed by atoms with Gasteiger partial charge in [-0.25, -0.2) is 9.18 Å². The lowest BCUT2D eigenvalue weighted by atomic mass is 9.77. The van der Waals surface area contributed by atoms with Crippen molar-refractivity contribution >= 4 is 5.97 Å². The van der Waals surface area contributed by atoms with Crippen molar-refractivity contribution in [3.8, 4) is 11.5 Å². The number of halogens is 4. The van der Waals surface area contributed by atoms with Gasteiger partial charge in [-0.2, -0.15) is 13.2 Å². The molecule has 0 aromatic heterocycles. The molecular formula is C24H20F4O3. The molecule has 0 bridgehead atoms. The fourth-order valence-electron chi connectivity index (χ4n) is 3.19. The number of esters is 1. The summed E-state index contributed by atoms with van der Waals surface area (Å²) in [6.45, 7) is 3.36. The SMILES string of the molecule is COc1ccc(C(C)(C)c2ccc(OC(=O)c3ccccc3)c(F)c2)cc1C(F)(F)F. The van der Waals surface area contributed by atoms with Crippen LogP contribution in [0.2, 0.25) is 0 Å². The maximum absolute atomic E-state index is 14.7. The van der Waals surface area contributed by atoms with Gasteiger partial charge < -0.3 is 9.47 Å². The van der Waals surface area contributed by atoms with Gasteiger partial charge in [-0.1, -0.05) is 44.2 Å². The summed E-state index contributed by atoms with van der Waals surface area (Å²) in [7, 11) is 1.17. The van der Waals surface area contributed by atoms with Crippen molar-refractivity contribution in [2.24, 2.45) is 0 Å². The number of methoxy groups -OCH3 is 1. The molecule has 31 heavy (non-hydrogen) atoms. The van der Waals surface area contributed by atoms with Gasteiger partial charge in [0, 0.05) is 5.41 Å². The summed E-state index contributed by atoms with van der Waals surface area (Å²) in [4.78, 5) is 12.2. The number of alkyl halides is 3. The Balaban J connectivity index is 1.92. The fourth-order valence-corrected chi connectivity index (χ4v) is 3.19. The zero-order valence-electron chi connectivity index (χ0n) is 17.1. The summed E-state index contributed by atoms with van der Waals surface area (Å²) < 4.78 is 64.8. The van der Waals surface area contributed by atoms with Crippen molar-refractivity contribution < 1.29 is 31.8 Å². The molecule has 0 heterocycles. The standard InChI is InChI=1S/C24H20F4O3/c1-23(2,16-9-11-20(30-3)18(13-16)24(26,27)28)17-10-12-21(19(25)14-17)31-22(29)15-7-5-4-6-8-15/h4-14H,1-3H3. The van der Waals surface area contributed by atoms with E-state index in [1.807, 2.05) is 0 Å². The summed E-state index contributed by atoms with van der Waals surface area (Å²) in [6.07, 6.45) is -4.60. The molecule has 0 N–H and O–H groups in total. The van der Waals surface area contributed by atoms with Gasteiger partial charge in [0.25, 0.3) is 0 Å². The van der Waals surface area contributed by atoms with E-state index in [0.29, 0.717) is 11.1 Å². The van der Waals surface area contributed by atoms with E-state index in [2.05, 4.69) is 0 Å². The van der Waals surface area contributed by atoms with E-state index in [1.54, 1.807) is 44.2 Å². The van der Waals surface area contributed by atoms with Crippen LogP contribution in [0.25, 0.3) is 0 Å². The fraction of sp³-hybridized carbons (Fsp3) is 0.208. The summed E-state index contributed by atoms with van der Waals surface area (Å²) in [5, 5.41) is 0. The molecule has 3 aromatic rings. The molecule has 0 saturated carbocycles. The molecule has 0 radical (unpaired) electrons. The first-order chi connectivity index (χ1) is 14.5. The predicted octanol–water partition coefficient (Wildman–Crippen LogP) is 6.40. The molecule has 3 aromatic carbocycles. The topological polar surface area (TPSA) is 35.5 Å². The number of benzene rings is 3. The highest BCUT2D eigenvalue weighted by Crippen LogP contribution is 2.41. The molecule has 3 rings (SSSR count). The molecule has 3 nitrogen and oxygen atoms in total. The lowest BCUT2D eigenvalue weighted by Gasteiger charge is -2.27. The first-order valence-corrected chi connectivity index (χ1v) is 9.37. The largest absolute Gasteiger partial charge is 0.496 e. The van der Waals surface area contributed by atoms with Crippen LogP contribution in [0.5, 0.6) is 11.5 Å². The van der Waals surface area contributed by atoms with Gasteiger partial charge in [-0.3, -0.25) is 0 Å². The van der Waals surface area contributed by atoms with Crippen molar-refractivity contribution in [3.05, 3.63) is 94.8 Å². The Kier molecular flexibility index (Phi) is 6.06. The summed E-state index contributed by atoms with van der Waals surface area (Å²) in [5.41, 5.74) is -0.856. The zero-order chi connectivity index (χ0) is 22.8. The Morgan fingerprint density at radius 1 is 0.839 bits per heavy atom. The molecule has 0 aliphatic heterocycles. The maximum Gasteiger partial charge on any atom is 0.419 e. The van der Waals surface area contributed by atoms with Gasteiger partial charge in [-0.15, -0.1) is 0 Å². The highest BCUT2D eigenvalue weighted by atomic mass is 19.4. The molecule has 0 atom stereocenters.